The SMILES string of the molecule is COc1cccc([C@@]2(O)CCCC[C@@H]2CN(C)C)c1.O=S(=O)([O-])[O-]. The minimum Gasteiger partial charge on any atom is -0.759 e. The molecule has 0 aliphatic heterocycles. The zero-order chi connectivity index (χ0) is 18.4. The summed E-state index contributed by atoms with van der Waals surface area (Å²) in [5, 5.41) is 11.2. The molecule has 2 atom stereocenters. The second-order valence-electron chi connectivity index (χ2n) is 6.27. The van der Waals surface area contributed by atoms with E-state index in [9.17, 15) is 5.11 Å². The Balaban J connectivity index is 0.000000505. The van der Waals surface area contributed by atoms with Gasteiger partial charge in [0.2, 0.25) is 0 Å². The van der Waals surface area contributed by atoms with Gasteiger partial charge in [0.05, 0.1) is 12.7 Å². The molecule has 0 unspecified atom stereocenters. The molecule has 0 heterocycles. The quantitative estimate of drug-likeness (QED) is 0.636. The van der Waals surface area contributed by atoms with Crippen molar-refractivity contribution in [2.45, 2.75) is 31.3 Å². The molecular formula is C16H25NO6S-2. The Morgan fingerprint density at radius 3 is 2.50 bits per heavy atom. The number of methoxy groups -OCH3 is 1. The number of aliphatic hydroxyl groups is 1. The summed E-state index contributed by atoms with van der Waals surface area (Å²) in [7, 11) is 0.641. The molecule has 1 N–H and O–H groups in total. The van der Waals surface area contributed by atoms with E-state index in [0.717, 1.165) is 37.1 Å². The molecule has 8 heteroatoms. The summed E-state index contributed by atoms with van der Waals surface area (Å²) in [4.78, 5) is 2.17. The highest BCUT2D eigenvalue weighted by Gasteiger charge is 2.40. The van der Waals surface area contributed by atoms with Gasteiger partial charge in [-0.05, 0) is 44.6 Å². The first-order valence-electron chi connectivity index (χ1n) is 7.74. The third-order valence-electron chi connectivity index (χ3n) is 4.19. The third kappa shape index (κ3) is 6.74. The molecule has 138 valence electrons. The molecule has 24 heavy (non-hydrogen) atoms. The molecule has 1 fully saturated rings. The smallest absolute Gasteiger partial charge is 0.119 e. The van der Waals surface area contributed by atoms with E-state index >= 15 is 0 Å². The van der Waals surface area contributed by atoms with Crippen molar-refractivity contribution in [3.63, 3.8) is 0 Å². The van der Waals surface area contributed by atoms with Crippen LogP contribution in [0.4, 0.5) is 0 Å². The summed E-state index contributed by atoms with van der Waals surface area (Å²) in [6.45, 7) is 0.924. The van der Waals surface area contributed by atoms with E-state index < -0.39 is 16.0 Å². The molecular weight excluding hydrogens is 334 g/mol. The summed E-state index contributed by atoms with van der Waals surface area (Å²) in [5.41, 5.74) is 0.287. The van der Waals surface area contributed by atoms with Crippen LogP contribution in [0.15, 0.2) is 24.3 Å². The first kappa shape index (κ1) is 20.9. The van der Waals surface area contributed by atoms with Gasteiger partial charge in [-0.3, -0.25) is 8.42 Å². The van der Waals surface area contributed by atoms with E-state index in [1.165, 1.54) is 6.42 Å². The number of nitrogens with zero attached hydrogens (tertiary/aromatic N) is 1. The first-order chi connectivity index (χ1) is 11.1. The van der Waals surface area contributed by atoms with Crippen molar-refractivity contribution in [1.29, 1.82) is 0 Å². The molecule has 1 aliphatic carbocycles. The van der Waals surface area contributed by atoms with Crippen molar-refractivity contribution in [2.24, 2.45) is 5.92 Å². The van der Waals surface area contributed by atoms with Gasteiger partial charge in [-0.15, -0.1) is 0 Å². The molecule has 0 bridgehead atoms. The maximum absolute atomic E-state index is 11.2. The minimum absolute atomic E-state index is 0.295. The average Bonchev–Trinajstić information content (AvgIpc) is 2.48. The van der Waals surface area contributed by atoms with E-state index in [4.69, 9.17) is 22.3 Å². The Bertz CT molecular complexity index is 611. The zero-order valence-electron chi connectivity index (χ0n) is 14.3. The van der Waals surface area contributed by atoms with Crippen LogP contribution in [0.5, 0.6) is 5.75 Å². The van der Waals surface area contributed by atoms with Gasteiger partial charge in [-0.25, -0.2) is 0 Å². The second-order valence-corrected chi connectivity index (χ2v) is 7.09. The lowest BCUT2D eigenvalue weighted by molar-refractivity contribution is -0.0619. The van der Waals surface area contributed by atoms with E-state index in [1.54, 1.807) is 7.11 Å². The Kier molecular flexibility index (Phi) is 7.62. The fraction of sp³-hybridized carbons (Fsp3) is 0.625. The van der Waals surface area contributed by atoms with Gasteiger partial charge in [-0.2, -0.15) is 0 Å². The Labute approximate surface area is 143 Å². The molecule has 1 aromatic carbocycles. The molecule has 2 rings (SSSR count). The number of hydrogen-bond acceptors (Lipinski definition) is 7. The molecule has 0 radical (unpaired) electrons. The number of hydrogen-bond donors (Lipinski definition) is 1. The van der Waals surface area contributed by atoms with Crippen LogP contribution in [0.25, 0.3) is 0 Å². The lowest BCUT2D eigenvalue weighted by Crippen LogP contribution is -2.43. The molecule has 1 saturated carbocycles. The number of rotatable bonds is 4. The Hall–Kier alpha value is -1.19. The summed E-state index contributed by atoms with van der Waals surface area (Å²) >= 11 is 0. The minimum atomic E-state index is -5.17. The molecule has 0 amide bonds. The normalized spacial score (nSPS) is 24.2. The van der Waals surface area contributed by atoms with Crippen LogP contribution >= 0.6 is 0 Å². The van der Waals surface area contributed by atoms with Crippen LogP contribution < -0.4 is 4.74 Å². The molecule has 0 aromatic heterocycles. The topological polar surface area (TPSA) is 113 Å². The van der Waals surface area contributed by atoms with Gasteiger partial charge in [0, 0.05) is 22.9 Å². The Morgan fingerprint density at radius 2 is 1.96 bits per heavy atom. The molecule has 1 aromatic rings. The molecule has 0 saturated heterocycles. The van der Waals surface area contributed by atoms with Crippen molar-refractivity contribution in [2.75, 3.05) is 27.7 Å². The fourth-order valence-corrected chi connectivity index (χ4v) is 3.18. The van der Waals surface area contributed by atoms with Gasteiger partial charge in [0.25, 0.3) is 0 Å². The number of ether oxygens (including phenoxy) is 1. The maximum Gasteiger partial charge on any atom is 0.119 e. The first-order valence-corrected chi connectivity index (χ1v) is 9.08. The fourth-order valence-electron chi connectivity index (χ4n) is 3.18. The molecule has 7 nitrogen and oxygen atoms in total. The van der Waals surface area contributed by atoms with Crippen LogP contribution in [-0.2, 0) is 16.0 Å². The predicted molar refractivity (Wildman–Crippen MR) is 87.9 cm³/mol. The van der Waals surface area contributed by atoms with E-state index in [-0.39, 0.29) is 0 Å². The van der Waals surface area contributed by atoms with Crippen LogP contribution in [0.2, 0.25) is 0 Å². The summed E-state index contributed by atoms with van der Waals surface area (Å²) in [6.07, 6.45) is 4.24. The average molecular weight is 359 g/mol. The van der Waals surface area contributed by atoms with Crippen LogP contribution in [0.1, 0.15) is 31.2 Å². The van der Waals surface area contributed by atoms with Crippen molar-refractivity contribution in [3.05, 3.63) is 29.8 Å². The van der Waals surface area contributed by atoms with Crippen LogP contribution in [-0.4, -0.2) is 55.3 Å². The summed E-state index contributed by atoms with van der Waals surface area (Å²) in [5.74, 6) is 1.11. The van der Waals surface area contributed by atoms with Crippen molar-refractivity contribution in [3.8, 4) is 5.75 Å². The Morgan fingerprint density at radius 1 is 1.33 bits per heavy atom. The highest BCUT2D eigenvalue weighted by molar-refractivity contribution is 7.79. The summed E-state index contributed by atoms with van der Waals surface area (Å²) in [6, 6.07) is 7.90. The van der Waals surface area contributed by atoms with E-state index in [2.05, 4.69) is 19.0 Å². The van der Waals surface area contributed by atoms with Gasteiger partial charge in [0.1, 0.15) is 5.75 Å². The highest BCUT2D eigenvalue weighted by atomic mass is 32.3. The van der Waals surface area contributed by atoms with Crippen molar-refractivity contribution < 1.29 is 27.4 Å². The van der Waals surface area contributed by atoms with Crippen molar-refractivity contribution >= 4 is 10.4 Å². The monoisotopic (exact) mass is 359 g/mol. The number of benzene rings is 1. The van der Waals surface area contributed by atoms with E-state index in [0.29, 0.717) is 5.92 Å². The van der Waals surface area contributed by atoms with Gasteiger partial charge in [0.15, 0.2) is 0 Å². The standard InChI is InChI=1S/C16H25NO2.H2O4S/c1-17(2)12-14-7-4-5-10-16(14,18)13-8-6-9-15(11-13)19-3;1-5(2,3)4/h6,8-9,11,14,18H,4-5,7,10,12H2,1-3H3;(H2,1,2,3,4)/p-2/t14-,16+;/m1./s1. The van der Waals surface area contributed by atoms with Crippen molar-refractivity contribution in [1.82, 2.24) is 4.90 Å². The predicted octanol–water partition coefficient (Wildman–Crippen LogP) is 1.30. The third-order valence-corrected chi connectivity index (χ3v) is 4.19. The highest BCUT2D eigenvalue weighted by Crippen LogP contribution is 2.42. The molecule has 0 spiro atoms. The molecule has 1 aliphatic rings. The lowest BCUT2D eigenvalue weighted by Gasteiger charge is -2.41. The summed E-state index contributed by atoms with van der Waals surface area (Å²) < 4.78 is 39.4. The van der Waals surface area contributed by atoms with Crippen LogP contribution in [0.3, 0.4) is 0 Å². The van der Waals surface area contributed by atoms with Crippen LogP contribution in [0, 0.1) is 5.92 Å². The van der Waals surface area contributed by atoms with Gasteiger partial charge < -0.3 is 23.8 Å². The maximum atomic E-state index is 11.2. The second kappa shape index (κ2) is 8.77. The zero-order valence-corrected chi connectivity index (χ0v) is 15.1. The van der Waals surface area contributed by atoms with Gasteiger partial charge in [-0.1, -0.05) is 25.0 Å². The van der Waals surface area contributed by atoms with E-state index in [1.807, 2.05) is 24.3 Å². The largest absolute Gasteiger partial charge is 0.759 e. The van der Waals surface area contributed by atoms with Gasteiger partial charge >= 0.3 is 0 Å². The lowest BCUT2D eigenvalue weighted by atomic mass is 9.71.